The second kappa shape index (κ2) is 7.36. The van der Waals surface area contributed by atoms with Gasteiger partial charge in [0.1, 0.15) is 5.56 Å². The van der Waals surface area contributed by atoms with E-state index in [4.69, 9.17) is 16.3 Å². The molecule has 2 aliphatic heterocycles. The Bertz CT molecular complexity index is 684. The molecule has 3 rings (SSSR count). The van der Waals surface area contributed by atoms with Crippen LogP contribution in [-0.2, 0) is 9.53 Å². The first-order valence-corrected chi connectivity index (χ1v) is 8.48. The number of carbonyl (C=O) groups excluding carboxylic acids is 2. The zero-order chi connectivity index (χ0) is 17.1. The highest BCUT2D eigenvalue weighted by Crippen LogP contribution is 2.21. The molecular weight excluding hydrogens is 334 g/mol. The molecule has 130 valence electrons. The number of hydrogen-bond acceptors (Lipinski definition) is 4. The van der Waals surface area contributed by atoms with Crippen molar-refractivity contribution in [2.24, 2.45) is 5.92 Å². The van der Waals surface area contributed by atoms with E-state index in [0.717, 1.165) is 12.8 Å². The van der Waals surface area contributed by atoms with Gasteiger partial charge in [-0.05, 0) is 18.9 Å². The summed E-state index contributed by atoms with van der Waals surface area (Å²) in [6.07, 6.45) is 2.85. The molecular formula is C16H20ClN3O4. The van der Waals surface area contributed by atoms with Crippen molar-refractivity contribution in [1.29, 1.82) is 0 Å². The van der Waals surface area contributed by atoms with Gasteiger partial charge in [0.05, 0.1) is 24.2 Å². The maximum Gasteiger partial charge on any atom is 0.260 e. The maximum atomic E-state index is 12.6. The molecule has 8 heteroatoms. The van der Waals surface area contributed by atoms with E-state index in [0.29, 0.717) is 44.4 Å². The predicted molar refractivity (Wildman–Crippen MR) is 88.1 cm³/mol. The molecule has 2 fully saturated rings. The van der Waals surface area contributed by atoms with Crippen molar-refractivity contribution in [2.75, 3.05) is 39.4 Å². The smallest absolute Gasteiger partial charge is 0.260 e. The highest BCUT2D eigenvalue weighted by Gasteiger charge is 2.32. The van der Waals surface area contributed by atoms with E-state index in [9.17, 15) is 14.4 Å². The summed E-state index contributed by atoms with van der Waals surface area (Å²) < 4.78 is 5.27. The Morgan fingerprint density at radius 1 is 1.21 bits per heavy atom. The summed E-state index contributed by atoms with van der Waals surface area (Å²) in [6, 6.07) is 1.37. The third-order valence-electron chi connectivity index (χ3n) is 4.48. The number of piperidine rings is 1. The summed E-state index contributed by atoms with van der Waals surface area (Å²) in [5.74, 6) is -0.534. The van der Waals surface area contributed by atoms with Crippen molar-refractivity contribution in [2.45, 2.75) is 12.8 Å². The molecule has 2 amide bonds. The van der Waals surface area contributed by atoms with Gasteiger partial charge in [0, 0.05) is 32.4 Å². The number of likely N-dealkylation sites (tertiary alicyclic amines) is 1. The lowest BCUT2D eigenvalue weighted by atomic mass is 9.95. The third-order valence-corrected chi connectivity index (χ3v) is 4.70. The molecule has 7 nitrogen and oxygen atoms in total. The second-order valence-corrected chi connectivity index (χ2v) is 6.53. The number of carbonyl (C=O) groups is 2. The minimum Gasteiger partial charge on any atom is -0.378 e. The zero-order valence-electron chi connectivity index (χ0n) is 13.3. The van der Waals surface area contributed by atoms with E-state index < -0.39 is 5.56 Å². The van der Waals surface area contributed by atoms with E-state index >= 15 is 0 Å². The molecule has 1 atom stereocenters. The van der Waals surface area contributed by atoms with Gasteiger partial charge >= 0.3 is 0 Å². The monoisotopic (exact) mass is 353 g/mol. The number of nitrogens with one attached hydrogen (secondary N) is 1. The van der Waals surface area contributed by atoms with Crippen molar-refractivity contribution in [3.05, 3.63) is 33.2 Å². The SMILES string of the molecule is O=C(c1cc(Cl)c[nH]c1=O)N1CCC[C@@H](C(=O)N2CCOCC2)C1. The van der Waals surface area contributed by atoms with Crippen molar-refractivity contribution in [3.63, 3.8) is 0 Å². The Balaban J connectivity index is 1.70. The highest BCUT2D eigenvalue weighted by atomic mass is 35.5. The average molecular weight is 354 g/mol. The minimum absolute atomic E-state index is 0.0157. The second-order valence-electron chi connectivity index (χ2n) is 6.09. The number of pyridine rings is 1. The first kappa shape index (κ1) is 17.0. The molecule has 1 N–H and O–H groups in total. The molecule has 3 heterocycles. The predicted octanol–water partition coefficient (Wildman–Crippen LogP) is 0.739. The average Bonchev–Trinajstić information content (AvgIpc) is 2.63. The number of amides is 2. The molecule has 2 aliphatic rings. The van der Waals surface area contributed by atoms with E-state index in [2.05, 4.69) is 4.98 Å². The van der Waals surface area contributed by atoms with Gasteiger partial charge in [0.25, 0.3) is 11.5 Å². The Labute approximate surface area is 144 Å². The van der Waals surface area contributed by atoms with Crippen LogP contribution in [0, 0.1) is 5.92 Å². The van der Waals surface area contributed by atoms with Crippen LogP contribution in [-0.4, -0.2) is 66.0 Å². The lowest BCUT2D eigenvalue weighted by Gasteiger charge is -2.36. The van der Waals surface area contributed by atoms with Crippen LogP contribution in [0.3, 0.4) is 0 Å². The quantitative estimate of drug-likeness (QED) is 0.850. The Kier molecular flexibility index (Phi) is 5.20. The summed E-state index contributed by atoms with van der Waals surface area (Å²) in [5, 5.41) is 0.302. The molecule has 0 unspecified atom stereocenters. The van der Waals surface area contributed by atoms with Crippen molar-refractivity contribution in [3.8, 4) is 0 Å². The van der Waals surface area contributed by atoms with Crippen LogP contribution in [0.1, 0.15) is 23.2 Å². The third kappa shape index (κ3) is 3.62. The van der Waals surface area contributed by atoms with Crippen LogP contribution < -0.4 is 5.56 Å². The van der Waals surface area contributed by atoms with E-state index in [1.807, 2.05) is 0 Å². The van der Waals surface area contributed by atoms with Gasteiger partial charge in [-0.25, -0.2) is 0 Å². The van der Waals surface area contributed by atoms with Gasteiger partial charge in [0.15, 0.2) is 0 Å². The van der Waals surface area contributed by atoms with Gasteiger partial charge in [-0.15, -0.1) is 0 Å². The van der Waals surface area contributed by atoms with Crippen molar-refractivity contribution in [1.82, 2.24) is 14.8 Å². The number of ether oxygens (including phenoxy) is 1. The molecule has 1 aromatic heterocycles. The fourth-order valence-corrected chi connectivity index (χ4v) is 3.36. The van der Waals surface area contributed by atoms with Gasteiger partial charge in [-0.3, -0.25) is 14.4 Å². The summed E-state index contributed by atoms with van der Waals surface area (Å²) in [6.45, 7) is 3.17. The summed E-state index contributed by atoms with van der Waals surface area (Å²) in [7, 11) is 0. The molecule has 0 bridgehead atoms. The van der Waals surface area contributed by atoms with Crippen molar-refractivity contribution >= 4 is 23.4 Å². The number of hydrogen-bond donors (Lipinski definition) is 1. The molecule has 0 aliphatic carbocycles. The number of morpholine rings is 1. The Hall–Kier alpha value is -1.86. The standard InChI is InChI=1S/C16H20ClN3O4/c17-12-8-13(14(21)18-9-12)16(23)20-3-1-2-11(10-20)15(22)19-4-6-24-7-5-19/h8-9,11H,1-7,10H2,(H,18,21)/t11-/m1/s1. The summed E-state index contributed by atoms with van der Waals surface area (Å²) in [5.41, 5.74) is -0.451. The highest BCUT2D eigenvalue weighted by molar-refractivity contribution is 6.30. The van der Waals surface area contributed by atoms with Gasteiger partial charge in [-0.1, -0.05) is 11.6 Å². The first-order chi connectivity index (χ1) is 11.6. The largest absolute Gasteiger partial charge is 0.378 e. The fourth-order valence-electron chi connectivity index (χ4n) is 3.19. The topological polar surface area (TPSA) is 82.7 Å². The molecule has 0 spiro atoms. The lowest BCUT2D eigenvalue weighted by Crippen LogP contribution is -2.50. The molecule has 0 saturated carbocycles. The van der Waals surface area contributed by atoms with Gasteiger partial charge in [-0.2, -0.15) is 0 Å². The van der Waals surface area contributed by atoms with Crippen LogP contribution in [0.5, 0.6) is 0 Å². The molecule has 2 saturated heterocycles. The summed E-state index contributed by atoms with van der Waals surface area (Å²) >= 11 is 5.87. The fraction of sp³-hybridized carbons (Fsp3) is 0.562. The van der Waals surface area contributed by atoms with Crippen LogP contribution in [0.4, 0.5) is 0 Å². The van der Waals surface area contributed by atoms with Crippen molar-refractivity contribution < 1.29 is 14.3 Å². The number of H-pyrrole nitrogens is 1. The minimum atomic E-state index is -0.467. The first-order valence-electron chi connectivity index (χ1n) is 8.10. The van der Waals surface area contributed by atoms with Crippen LogP contribution >= 0.6 is 11.6 Å². The van der Waals surface area contributed by atoms with Gasteiger partial charge < -0.3 is 19.5 Å². The van der Waals surface area contributed by atoms with Crippen LogP contribution in [0.25, 0.3) is 0 Å². The molecule has 1 aromatic rings. The lowest BCUT2D eigenvalue weighted by molar-refractivity contribution is -0.141. The number of halogens is 1. The van der Waals surface area contributed by atoms with E-state index in [-0.39, 0.29) is 23.3 Å². The zero-order valence-corrected chi connectivity index (χ0v) is 14.1. The molecule has 0 radical (unpaired) electrons. The number of aromatic nitrogens is 1. The van der Waals surface area contributed by atoms with Crippen LogP contribution in [0.2, 0.25) is 5.02 Å². The van der Waals surface area contributed by atoms with Crippen LogP contribution in [0.15, 0.2) is 17.1 Å². The normalized spacial score (nSPS) is 21.6. The van der Waals surface area contributed by atoms with Gasteiger partial charge in [0.2, 0.25) is 5.91 Å². The summed E-state index contributed by atoms with van der Waals surface area (Å²) in [4.78, 5) is 42.9. The Morgan fingerprint density at radius 2 is 1.96 bits per heavy atom. The van der Waals surface area contributed by atoms with E-state index in [1.54, 1.807) is 9.80 Å². The molecule has 24 heavy (non-hydrogen) atoms. The number of rotatable bonds is 2. The number of nitrogens with zero attached hydrogens (tertiary/aromatic N) is 2. The molecule has 0 aromatic carbocycles. The number of aromatic amines is 1. The maximum absolute atomic E-state index is 12.6. The van der Waals surface area contributed by atoms with E-state index in [1.165, 1.54) is 12.3 Å². The Morgan fingerprint density at radius 3 is 2.71 bits per heavy atom.